The number of ether oxygens (including phenoxy) is 2. The second-order valence-electron chi connectivity index (χ2n) is 7.07. The van der Waals surface area contributed by atoms with Gasteiger partial charge in [0.15, 0.2) is 5.82 Å². The summed E-state index contributed by atoms with van der Waals surface area (Å²) in [7, 11) is 0. The Morgan fingerprint density at radius 3 is 2.08 bits per heavy atom. The molecule has 0 saturated heterocycles. The lowest BCUT2D eigenvalue weighted by molar-refractivity contribution is -0.128. The zero-order chi connectivity index (χ0) is 30.4. The molecule has 40 heavy (non-hydrogen) atoms. The molecule has 3 aromatic rings. The molecular weight excluding hydrogens is 504 g/mol. The Morgan fingerprint density at radius 2 is 1.65 bits per heavy atom. The van der Waals surface area contributed by atoms with E-state index in [1.807, 2.05) is 89.3 Å². The van der Waals surface area contributed by atoms with Crippen molar-refractivity contribution in [2.24, 2.45) is 0 Å². The number of nitrogen functional groups attached to an aromatic ring is 1. The molecular formula is C31H44N6O3. The van der Waals surface area contributed by atoms with Crippen LogP contribution in [0, 0.1) is 11.3 Å². The Balaban J connectivity index is 0. The van der Waals surface area contributed by atoms with E-state index in [-0.39, 0.29) is 5.82 Å². The summed E-state index contributed by atoms with van der Waals surface area (Å²) >= 11 is 0. The van der Waals surface area contributed by atoms with Gasteiger partial charge in [-0.05, 0) is 63.9 Å². The van der Waals surface area contributed by atoms with Gasteiger partial charge in [0, 0.05) is 18.9 Å². The van der Waals surface area contributed by atoms with E-state index in [0.29, 0.717) is 31.0 Å². The highest BCUT2D eigenvalue weighted by atomic mass is 16.5. The van der Waals surface area contributed by atoms with Crippen LogP contribution in [0.5, 0.6) is 11.5 Å². The minimum atomic E-state index is 0.260. The zero-order valence-corrected chi connectivity index (χ0v) is 24.6. The normalized spacial score (nSPS) is 9.12. The van der Waals surface area contributed by atoms with Gasteiger partial charge < -0.3 is 20.5 Å². The highest BCUT2D eigenvalue weighted by Crippen LogP contribution is 2.22. The second-order valence-corrected chi connectivity index (χ2v) is 7.07. The molecule has 0 saturated carbocycles. The molecule has 0 atom stereocenters. The predicted molar refractivity (Wildman–Crippen MR) is 165 cm³/mol. The Kier molecular flexibility index (Phi) is 25.4. The summed E-state index contributed by atoms with van der Waals surface area (Å²) in [6, 6.07) is 13.2. The number of benzene rings is 1. The summed E-state index contributed by atoms with van der Waals surface area (Å²) in [5.74, 6) is 2.18. The molecule has 216 valence electrons. The minimum Gasteiger partial charge on any atom is -0.468 e. The van der Waals surface area contributed by atoms with Gasteiger partial charge in [0.25, 0.3) is 6.47 Å². The van der Waals surface area contributed by atoms with Gasteiger partial charge in [0.05, 0.1) is 6.61 Å². The SMILES string of the molecule is C/C=C\C.C=CC/C=C/C.CC.CCOC=O.N#Cc1c(NCc2ccc(Oc3ccncc3)cc2)n[nH]c1N. The predicted octanol–water partition coefficient (Wildman–Crippen LogP) is 7.59. The van der Waals surface area contributed by atoms with Crippen molar-refractivity contribution in [1.82, 2.24) is 15.2 Å². The van der Waals surface area contributed by atoms with Crippen molar-refractivity contribution in [3.8, 4) is 17.6 Å². The van der Waals surface area contributed by atoms with Crippen molar-refractivity contribution in [1.29, 1.82) is 5.26 Å². The van der Waals surface area contributed by atoms with E-state index < -0.39 is 0 Å². The molecule has 3 rings (SSSR count). The number of nitriles is 1. The molecule has 0 fully saturated rings. The lowest BCUT2D eigenvalue weighted by Crippen LogP contribution is -2.01. The number of aromatic amines is 1. The first-order valence-electron chi connectivity index (χ1n) is 13.0. The second kappa shape index (κ2) is 27.2. The molecule has 2 heterocycles. The maximum absolute atomic E-state index is 9.18. The van der Waals surface area contributed by atoms with Crippen LogP contribution in [-0.4, -0.2) is 28.3 Å². The Hall–Kier alpha value is -4.84. The van der Waals surface area contributed by atoms with Gasteiger partial charge in [0.1, 0.15) is 28.9 Å². The van der Waals surface area contributed by atoms with Crippen LogP contribution in [0.4, 0.5) is 11.6 Å². The molecule has 9 nitrogen and oxygen atoms in total. The zero-order valence-electron chi connectivity index (χ0n) is 24.6. The van der Waals surface area contributed by atoms with Crippen LogP contribution in [0.25, 0.3) is 0 Å². The summed E-state index contributed by atoms with van der Waals surface area (Å²) in [5.41, 5.74) is 6.96. The highest BCUT2D eigenvalue weighted by molar-refractivity contribution is 5.62. The Morgan fingerprint density at radius 1 is 1.05 bits per heavy atom. The van der Waals surface area contributed by atoms with Gasteiger partial charge in [-0.1, -0.05) is 56.4 Å². The number of aromatic nitrogens is 3. The van der Waals surface area contributed by atoms with E-state index in [1.165, 1.54) is 0 Å². The molecule has 0 unspecified atom stereocenters. The van der Waals surface area contributed by atoms with Crippen LogP contribution in [0.1, 0.15) is 59.1 Å². The number of anilines is 2. The molecule has 2 aromatic heterocycles. The van der Waals surface area contributed by atoms with E-state index in [2.05, 4.69) is 37.9 Å². The lowest BCUT2D eigenvalue weighted by Gasteiger charge is -2.07. The van der Waals surface area contributed by atoms with Crippen LogP contribution in [0.3, 0.4) is 0 Å². The topological polar surface area (TPSA) is 139 Å². The van der Waals surface area contributed by atoms with Crippen molar-refractivity contribution in [2.75, 3.05) is 17.7 Å². The summed E-state index contributed by atoms with van der Waals surface area (Å²) in [5, 5.41) is 18.6. The summed E-state index contributed by atoms with van der Waals surface area (Å²) in [6.07, 6.45) is 14.3. The fourth-order valence-electron chi connectivity index (χ4n) is 2.30. The smallest absolute Gasteiger partial charge is 0.293 e. The molecule has 0 spiro atoms. The number of H-pyrrole nitrogens is 1. The average Bonchev–Trinajstić information content (AvgIpc) is 3.37. The minimum absolute atomic E-state index is 0.260. The highest BCUT2D eigenvalue weighted by Gasteiger charge is 2.09. The molecule has 9 heteroatoms. The average molecular weight is 549 g/mol. The van der Waals surface area contributed by atoms with Gasteiger partial charge in [-0.15, -0.1) is 6.58 Å². The van der Waals surface area contributed by atoms with E-state index in [0.717, 1.165) is 23.5 Å². The molecule has 0 bridgehead atoms. The van der Waals surface area contributed by atoms with E-state index in [1.54, 1.807) is 31.5 Å². The number of rotatable bonds is 9. The molecule has 4 N–H and O–H groups in total. The van der Waals surface area contributed by atoms with Crippen molar-refractivity contribution < 1.29 is 14.3 Å². The number of nitrogens with two attached hydrogens (primary N) is 1. The van der Waals surface area contributed by atoms with Gasteiger partial charge in [-0.3, -0.25) is 14.9 Å². The van der Waals surface area contributed by atoms with Crippen LogP contribution in [0.15, 0.2) is 85.8 Å². The molecule has 0 aliphatic rings. The summed E-state index contributed by atoms with van der Waals surface area (Å²) < 4.78 is 9.85. The maximum Gasteiger partial charge on any atom is 0.293 e. The van der Waals surface area contributed by atoms with Crippen LogP contribution in [-0.2, 0) is 16.1 Å². The fourth-order valence-corrected chi connectivity index (χ4v) is 2.30. The first-order valence-corrected chi connectivity index (χ1v) is 13.0. The van der Waals surface area contributed by atoms with Gasteiger partial charge in [-0.2, -0.15) is 10.4 Å². The number of hydrogen-bond donors (Lipinski definition) is 3. The number of carbonyl (C=O) groups is 1. The first-order chi connectivity index (χ1) is 19.5. The number of pyridine rings is 1. The van der Waals surface area contributed by atoms with Crippen molar-refractivity contribution in [2.45, 2.75) is 54.5 Å². The molecule has 0 aliphatic heterocycles. The van der Waals surface area contributed by atoms with Gasteiger partial charge in [0.2, 0.25) is 0 Å². The Bertz CT molecular complexity index is 1110. The number of nitrogens with zero attached hydrogens (tertiary/aromatic N) is 3. The number of hydrogen-bond acceptors (Lipinski definition) is 8. The van der Waals surface area contributed by atoms with Crippen LogP contribution >= 0.6 is 0 Å². The largest absolute Gasteiger partial charge is 0.468 e. The number of carbonyl (C=O) groups excluding carboxylic acids is 1. The molecule has 0 radical (unpaired) electrons. The summed E-state index contributed by atoms with van der Waals surface area (Å²) in [6.45, 7) is 16.7. The number of nitrogens with one attached hydrogen (secondary N) is 2. The summed E-state index contributed by atoms with van der Waals surface area (Å²) in [4.78, 5) is 13.1. The van der Waals surface area contributed by atoms with Gasteiger partial charge in [-0.25, -0.2) is 0 Å². The van der Waals surface area contributed by atoms with Crippen LogP contribution in [0.2, 0.25) is 0 Å². The fraction of sp³-hybridized carbons (Fsp3) is 0.290. The van der Waals surface area contributed by atoms with Crippen molar-refractivity contribution in [3.05, 3.63) is 96.9 Å². The van der Waals surface area contributed by atoms with E-state index >= 15 is 0 Å². The lowest BCUT2D eigenvalue weighted by atomic mass is 10.2. The van der Waals surface area contributed by atoms with E-state index in [4.69, 9.17) is 15.7 Å². The quantitative estimate of drug-likeness (QED) is 0.184. The van der Waals surface area contributed by atoms with Crippen molar-refractivity contribution in [3.63, 3.8) is 0 Å². The molecule has 1 aromatic carbocycles. The first kappa shape index (κ1) is 37.3. The maximum atomic E-state index is 9.18. The third-order valence-corrected chi connectivity index (χ3v) is 4.28. The molecule has 0 amide bonds. The standard InChI is InChI=1S/C16H14N6O.C6H10.C4H8.C3H6O2.C2H6/c17-9-14-15(18)21-22-16(14)20-10-11-1-3-12(4-2-11)23-13-5-7-19-8-6-13;1-3-5-6-4-2;1-3-4-2;1-2-5-3-4;1-2/h1-8H,10H2,(H4,18,20,21,22);3-4,6H,1,5H2,2H3;3-4H,1-2H3;3H,2H2,1H3;1-2H3/b;6-4+;4-3-;;. The van der Waals surface area contributed by atoms with Crippen LogP contribution < -0.4 is 15.8 Å². The third-order valence-electron chi connectivity index (χ3n) is 4.28. The Labute approximate surface area is 239 Å². The third kappa shape index (κ3) is 18.4. The number of allylic oxidation sites excluding steroid dienone is 5. The molecule has 0 aliphatic carbocycles. The monoisotopic (exact) mass is 548 g/mol. The van der Waals surface area contributed by atoms with Crippen molar-refractivity contribution >= 4 is 18.1 Å². The van der Waals surface area contributed by atoms with Gasteiger partial charge >= 0.3 is 0 Å². The van der Waals surface area contributed by atoms with E-state index in [9.17, 15) is 4.79 Å².